The van der Waals surface area contributed by atoms with Crippen LogP contribution in [-0.4, -0.2) is 17.9 Å². The molecule has 0 unspecified atom stereocenters. The second-order valence-electron chi connectivity index (χ2n) is 2.92. The third-order valence-corrected chi connectivity index (χ3v) is 4.67. The Hall–Kier alpha value is 0.250. The summed E-state index contributed by atoms with van der Waals surface area (Å²) >= 11 is 7.31. The molecular weight excluding hydrogens is 389 g/mol. The van der Waals surface area contributed by atoms with Gasteiger partial charge in [0.1, 0.15) is 0 Å². The van der Waals surface area contributed by atoms with Crippen molar-refractivity contribution in [2.24, 2.45) is 0 Å². The van der Waals surface area contributed by atoms with E-state index in [4.69, 9.17) is 0 Å². The lowest BCUT2D eigenvalue weighted by Crippen LogP contribution is -2.12. The molecule has 82 valence electrons. The monoisotopic (exact) mass is 399 g/mol. The lowest BCUT2D eigenvalue weighted by Gasteiger charge is -2.05. The number of benzene rings is 1. The van der Waals surface area contributed by atoms with Gasteiger partial charge in [-0.05, 0) is 63.0 Å². The summed E-state index contributed by atoms with van der Waals surface area (Å²) in [5.74, 6) is 0.932. The second-order valence-corrected chi connectivity index (χ2v) is 5.92. The van der Waals surface area contributed by atoms with Crippen LogP contribution in [0, 0.1) is 3.57 Å². The number of carbonyl (C=O) groups is 1. The van der Waals surface area contributed by atoms with Gasteiger partial charge in [0.25, 0.3) is 0 Å². The number of amides is 1. The van der Waals surface area contributed by atoms with Gasteiger partial charge in [0.15, 0.2) is 0 Å². The minimum absolute atomic E-state index is 0.0717. The molecule has 0 fully saturated rings. The fourth-order valence-electron chi connectivity index (χ4n) is 0.992. The average molecular weight is 400 g/mol. The number of rotatable bonds is 4. The molecule has 0 atom stereocenters. The summed E-state index contributed by atoms with van der Waals surface area (Å²) in [6.45, 7) is 0. The van der Waals surface area contributed by atoms with Gasteiger partial charge >= 0.3 is 0 Å². The Bertz CT molecular complexity index is 359. The molecule has 0 aliphatic rings. The molecule has 0 radical (unpaired) electrons. The quantitative estimate of drug-likeness (QED) is 0.781. The molecule has 1 rings (SSSR count). The second kappa shape index (κ2) is 6.75. The van der Waals surface area contributed by atoms with Gasteiger partial charge in [0.2, 0.25) is 5.91 Å². The molecule has 1 amide bonds. The van der Waals surface area contributed by atoms with Crippen molar-refractivity contribution in [2.45, 2.75) is 6.42 Å². The van der Waals surface area contributed by atoms with Gasteiger partial charge in [-0.1, -0.05) is 0 Å². The number of anilines is 1. The smallest absolute Gasteiger partial charge is 0.225 e. The van der Waals surface area contributed by atoms with Crippen LogP contribution in [0.25, 0.3) is 0 Å². The minimum Gasteiger partial charge on any atom is -0.326 e. The van der Waals surface area contributed by atoms with E-state index < -0.39 is 0 Å². The lowest BCUT2D eigenvalue weighted by molar-refractivity contribution is -0.115. The molecule has 1 N–H and O–H groups in total. The van der Waals surface area contributed by atoms with Gasteiger partial charge in [-0.25, -0.2) is 0 Å². The van der Waals surface area contributed by atoms with Gasteiger partial charge in [0, 0.05) is 25.9 Å². The molecule has 0 saturated heterocycles. The first-order chi connectivity index (χ1) is 7.13. The summed E-state index contributed by atoms with van der Waals surface area (Å²) in [5.41, 5.74) is 0.855. The van der Waals surface area contributed by atoms with Crippen molar-refractivity contribution in [1.29, 1.82) is 0 Å². The maximum Gasteiger partial charge on any atom is 0.225 e. The number of thioether (sulfide) groups is 1. The molecule has 0 aliphatic carbocycles. The Morgan fingerprint density at radius 1 is 1.60 bits per heavy atom. The first-order valence-corrected chi connectivity index (χ1v) is 7.64. The van der Waals surface area contributed by atoms with Crippen molar-refractivity contribution < 1.29 is 4.79 Å². The predicted molar refractivity (Wildman–Crippen MR) is 78.5 cm³/mol. The summed E-state index contributed by atoms with van der Waals surface area (Å²) in [7, 11) is 0. The molecule has 1 aromatic rings. The molecular formula is C10H11BrINOS. The van der Waals surface area contributed by atoms with Gasteiger partial charge in [0.05, 0.1) is 0 Å². The zero-order valence-electron chi connectivity index (χ0n) is 8.22. The topological polar surface area (TPSA) is 29.1 Å². The van der Waals surface area contributed by atoms with Crippen LogP contribution in [-0.2, 0) is 4.79 Å². The third-order valence-electron chi connectivity index (χ3n) is 1.74. The van der Waals surface area contributed by atoms with Crippen LogP contribution in [0.4, 0.5) is 5.69 Å². The van der Waals surface area contributed by atoms with Crippen molar-refractivity contribution in [3.63, 3.8) is 0 Å². The highest BCUT2D eigenvalue weighted by molar-refractivity contribution is 14.1. The predicted octanol–water partition coefficient (Wildman–Crippen LogP) is 3.75. The van der Waals surface area contributed by atoms with E-state index in [1.165, 1.54) is 0 Å². The molecule has 0 aromatic heterocycles. The van der Waals surface area contributed by atoms with E-state index in [0.717, 1.165) is 19.5 Å². The molecule has 0 bridgehead atoms. The van der Waals surface area contributed by atoms with Crippen molar-refractivity contribution in [2.75, 3.05) is 17.3 Å². The molecule has 0 aliphatic heterocycles. The highest BCUT2D eigenvalue weighted by Gasteiger charge is 2.03. The molecule has 0 heterocycles. The van der Waals surface area contributed by atoms with Crippen LogP contribution >= 0.6 is 50.3 Å². The summed E-state index contributed by atoms with van der Waals surface area (Å²) in [6.07, 6.45) is 2.56. The minimum atomic E-state index is 0.0717. The van der Waals surface area contributed by atoms with E-state index in [0.29, 0.717) is 6.42 Å². The van der Waals surface area contributed by atoms with Crippen LogP contribution in [0.5, 0.6) is 0 Å². The van der Waals surface area contributed by atoms with E-state index in [9.17, 15) is 4.79 Å². The van der Waals surface area contributed by atoms with Gasteiger partial charge in [-0.2, -0.15) is 11.8 Å². The number of halogens is 2. The number of hydrogen-bond donors (Lipinski definition) is 1. The summed E-state index contributed by atoms with van der Waals surface area (Å²) in [4.78, 5) is 11.4. The highest BCUT2D eigenvalue weighted by Crippen LogP contribution is 2.22. The number of carbonyl (C=O) groups excluding carboxylic acids is 1. The maximum atomic E-state index is 11.4. The largest absolute Gasteiger partial charge is 0.326 e. The fourth-order valence-corrected chi connectivity index (χ4v) is 2.14. The van der Waals surface area contributed by atoms with E-state index >= 15 is 0 Å². The fraction of sp³-hybridized carbons (Fsp3) is 0.300. The molecule has 2 nitrogen and oxygen atoms in total. The van der Waals surface area contributed by atoms with Gasteiger partial charge < -0.3 is 5.32 Å². The Balaban J connectivity index is 2.57. The Morgan fingerprint density at radius 2 is 2.33 bits per heavy atom. The van der Waals surface area contributed by atoms with Crippen LogP contribution in [0.15, 0.2) is 22.7 Å². The number of nitrogens with one attached hydrogen (secondary N) is 1. The van der Waals surface area contributed by atoms with Crippen LogP contribution in [0.2, 0.25) is 0 Å². The summed E-state index contributed by atoms with van der Waals surface area (Å²) in [6, 6.07) is 5.77. The third kappa shape index (κ3) is 4.74. The highest BCUT2D eigenvalue weighted by atomic mass is 127. The van der Waals surface area contributed by atoms with Crippen LogP contribution < -0.4 is 5.32 Å². The van der Waals surface area contributed by atoms with Crippen LogP contribution in [0.1, 0.15) is 6.42 Å². The lowest BCUT2D eigenvalue weighted by atomic mass is 10.3. The normalized spacial score (nSPS) is 10.1. The van der Waals surface area contributed by atoms with Crippen molar-refractivity contribution in [1.82, 2.24) is 0 Å². The SMILES string of the molecule is CSCCC(=O)Nc1ccc(Br)c(I)c1. The van der Waals surface area contributed by atoms with E-state index in [1.54, 1.807) is 11.8 Å². The molecule has 0 spiro atoms. The van der Waals surface area contributed by atoms with Gasteiger partial charge in [-0.15, -0.1) is 0 Å². The maximum absolute atomic E-state index is 11.4. The van der Waals surface area contributed by atoms with Crippen molar-refractivity contribution in [3.8, 4) is 0 Å². The van der Waals surface area contributed by atoms with E-state index in [2.05, 4.69) is 43.8 Å². The average Bonchev–Trinajstić information content (AvgIpc) is 2.20. The molecule has 5 heteroatoms. The van der Waals surface area contributed by atoms with E-state index in [1.807, 2.05) is 24.5 Å². The zero-order valence-corrected chi connectivity index (χ0v) is 12.8. The van der Waals surface area contributed by atoms with Crippen molar-refractivity contribution in [3.05, 3.63) is 26.2 Å². The zero-order chi connectivity index (χ0) is 11.3. The Morgan fingerprint density at radius 3 is 2.93 bits per heavy atom. The molecule has 1 aromatic carbocycles. The van der Waals surface area contributed by atoms with Crippen LogP contribution in [0.3, 0.4) is 0 Å². The first-order valence-electron chi connectivity index (χ1n) is 4.37. The first kappa shape index (κ1) is 13.3. The summed E-state index contributed by atoms with van der Waals surface area (Å²) < 4.78 is 2.14. The Kier molecular flexibility index (Phi) is 5.99. The van der Waals surface area contributed by atoms with Crippen molar-refractivity contribution >= 4 is 61.9 Å². The van der Waals surface area contributed by atoms with Gasteiger partial charge in [-0.3, -0.25) is 4.79 Å². The standard InChI is InChI=1S/C10H11BrINOS/c1-15-5-4-10(14)13-7-2-3-8(11)9(12)6-7/h2-3,6H,4-5H2,1H3,(H,13,14). The Labute approximate surface area is 116 Å². The number of hydrogen-bond acceptors (Lipinski definition) is 2. The summed E-state index contributed by atoms with van der Waals surface area (Å²) in [5, 5.41) is 2.87. The molecule has 0 saturated carbocycles. The molecule has 15 heavy (non-hydrogen) atoms. The van der Waals surface area contributed by atoms with E-state index in [-0.39, 0.29) is 5.91 Å².